The number of rotatable bonds is 4. The number of hydrogen-bond donors (Lipinski definition) is 2. The summed E-state index contributed by atoms with van der Waals surface area (Å²) in [5, 5.41) is 5.16. The fourth-order valence-corrected chi connectivity index (χ4v) is 5.62. The van der Waals surface area contributed by atoms with E-state index in [-0.39, 0.29) is 16.5 Å². The van der Waals surface area contributed by atoms with Crippen LogP contribution < -0.4 is 10.9 Å². The van der Waals surface area contributed by atoms with Crippen molar-refractivity contribution < 1.29 is 13.2 Å². The number of primary sulfonamides is 1. The zero-order valence-corrected chi connectivity index (χ0v) is 13.1. The third-order valence-electron chi connectivity index (χ3n) is 2.90. The van der Waals surface area contributed by atoms with E-state index >= 15 is 0 Å². The second-order valence-corrected chi connectivity index (χ2v) is 8.41. The SMILES string of the molecule is CCC(OC)N1C[C@H](N)c2cc(S(N)(=O)=O)sc2S1. The molecule has 2 rings (SSSR count). The first kappa shape index (κ1) is 15.2. The van der Waals surface area contributed by atoms with Crippen molar-refractivity contribution in [2.24, 2.45) is 10.9 Å². The summed E-state index contributed by atoms with van der Waals surface area (Å²) >= 11 is 2.64. The molecule has 0 amide bonds. The van der Waals surface area contributed by atoms with Gasteiger partial charge in [-0.1, -0.05) is 6.92 Å². The van der Waals surface area contributed by atoms with Crippen LogP contribution in [-0.2, 0) is 14.8 Å². The van der Waals surface area contributed by atoms with Crippen LogP contribution in [0.5, 0.6) is 0 Å². The van der Waals surface area contributed by atoms with Gasteiger partial charge in [0.15, 0.2) is 0 Å². The van der Waals surface area contributed by atoms with Crippen molar-refractivity contribution in [1.82, 2.24) is 4.31 Å². The molecule has 0 saturated heterocycles. The predicted octanol–water partition coefficient (Wildman–Crippen LogP) is 1.10. The molecule has 1 aromatic rings. The quantitative estimate of drug-likeness (QED) is 0.805. The summed E-state index contributed by atoms with van der Waals surface area (Å²) in [5.74, 6) is 0. The molecular weight excluding hydrogens is 306 g/mol. The van der Waals surface area contributed by atoms with Gasteiger partial charge in [-0.05, 0) is 30.0 Å². The van der Waals surface area contributed by atoms with Crippen molar-refractivity contribution in [3.8, 4) is 0 Å². The maximum absolute atomic E-state index is 11.4. The van der Waals surface area contributed by atoms with Gasteiger partial charge in [0.25, 0.3) is 0 Å². The molecule has 0 saturated carbocycles. The fraction of sp³-hybridized carbons (Fsp3) is 0.600. The highest BCUT2D eigenvalue weighted by Gasteiger charge is 2.31. The van der Waals surface area contributed by atoms with Crippen molar-refractivity contribution in [1.29, 1.82) is 0 Å². The average molecular weight is 323 g/mol. The number of methoxy groups -OCH3 is 1. The molecule has 0 aromatic carbocycles. The van der Waals surface area contributed by atoms with Crippen LogP contribution in [0.4, 0.5) is 0 Å². The number of sulfonamides is 1. The molecule has 6 nitrogen and oxygen atoms in total. The molecule has 19 heavy (non-hydrogen) atoms. The highest BCUT2D eigenvalue weighted by molar-refractivity contribution is 7.99. The van der Waals surface area contributed by atoms with Crippen molar-refractivity contribution >= 4 is 33.3 Å². The van der Waals surface area contributed by atoms with Gasteiger partial charge in [0.05, 0.1) is 4.21 Å². The van der Waals surface area contributed by atoms with Crippen molar-refractivity contribution in [3.05, 3.63) is 11.6 Å². The summed E-state index contributed by atoms with van der Waals surface area (Å²) < 4.78 is 31.2. The van der Waals surface area contributed by atoms with E-state index in [2.05, 4.69) is 0 Å². The molecule has 1 aromatic heterocycles. The van der Waals surface area contributed by atoms with Crippen LogP contribution in [0.3, 0.4) is 0 Å². The van der Waals surface area contributed by atoms with E-state index in [0.717, 1.165) is 27.5 Å². The van der Waals surface area contributed by atoms with Gasteiger partial charge < -0.3 is 10.5 Å². The molecule has 108 valence electrons. The molecule has 2 heterocycles. The highest BCUT2D eigenvalue weighted by Crippen LogP contribution is 2.43. The Morgan fingerprint density at radius 3 is 2.84 bits per heavy atom. The number of ether oxygens (including phenoxy) is 1. The minimum Gasteiger partial charge on any atom is -0.366 e. The van der Waals surface area contributed by atoms with E-state index in [0.29, 0.717) is 6.54 Å². The Bertz CT molecular complexity index is 554. The largest absolute Gasteiger partial charge is 0.366 e. The molecule has 9 heteroatoms. The first-order chi connectivity index (χ1) is 8.86. The maximum Gasteiger partial charge on any atom is 0.247 e. The Balaban J connectivity index is 2.31. The van der Waals surface area contributed by atoms with E-state index in [9.17, 15) is 8.42 Å². The molecule has 0 bridgehead atoms. The van der Waals surface area contributed by atoms with Crippen LogP contribution in [0.15, 0.2) is 14.5 Å². The minimum atomic E-state index is -3.67. The van der Waals surface area contributed by atoms with Gasteiger partial charge in [-0.2, -0.15) is 0 Å². The summed E-state index contributed by atoms with van der Waals surface area (Å²) in [7, 11) is -2.02. The van der Waals surface area contributed by atoms with E-state index in [4.69, 9.17) is 15.6 Å². The molecule has 0 radical (unpaired) electrons. The molecule has 0 aliphatic carbocycles. The molecule has 0 fully saturated rings. The summed E-state index contributed by atoms with van der Waals surface area (Å²) in [5.41, 5.74) is 6.95. The Kier molecular flexibility index (Phi) is 4.56. The standard InChI is InChI=1S/C10H17N3O3S3/c1-3-8(16-2)13-5-7(11)6-4-9(19(12,14)15)17-10(6)18-13/h4,7-8H,3,5,11H2,1-2H3,(H2,12,14,15)/t7-,8?/m0/s1. The van der Waals surface area contributed by atoms with Gasteiger partial charge >= 0.3 is 0 Å². The first-order valence-corrected chi connectivity index (χ1v) is 8.90. The molecule has 0 spiro atoms. The topological polar surface area (TPSA) is 98.7 Å². The van der Waals surface area contributed by atoms with E-state index in [1.54, 1.807) is 13.2 Å². The molecule has 1 unspecified atom stereocenters. The van der Waals surface area contributed by atoms with Gasteiger partial charge in [-0.3, -0.25) is 0 Å². The number of hydrogen-bond acceptors (Lipinski definition) is 7. The van der Waals surface area contributed by atoms with Crippen LogP contribution in [0.25, 0.3) is 0 Å². The smallest absolute Gasteiger partial charge is 0.247 e. The monoisotopic (exact) mass is 323 g/mol. The molecule has 1 aliphatic rings. The zero-order chi connectivity index (χ0) is 14.2. The van der Waals surface area contributed by atoms with Crippen molar-refractivity contribution in [2.75, 3.05) is 13.7 Å². The second kappa shape index (κ2) is 5.68. The number of fused-ring (bicyclic) bond motifs is 1. The lowest BCUT2D eigenvalue weighted by Crippen LogP contribution is -2.38. The van der Waals surface area contributed by atoms with E-state index in [1.165, 1.54) is 11.9 Å². The zero-order valence-electron chi connectivity index (χ0n) is 10.7. The lowest BCUT2D eigenvalue weighted by molar-refractivity contribution is 0.0151. The molecule has 1 aliphatic heterocycles. The predicted molar refractivity (Wildman–Crippen MR) is 76.3 cm³/mol. The van der Waals surface area contributed by atoms with E-state index < -0.39 is 10.0 Å². The summed E-state index contributed by atoms with van der Waals surface area (Å²) in [6.07, 6.45) is 0.795. The van der Waals surface area contributed by atoms with Crippen LogP contribution in [0.2, 0.25) is 0 Å². The maximum atomic E-state index is 11.4. The van der Waals surface area contributed by atoms with Gasteiger partial charge in [0.2, 0.25) is 10.0 Å². The van der Waals surface area contributed by atoms with Gasteiger partial charge in [-0.15, -0.1) is 11.3 Å². The van der Waals surface area contributed by atoms with Crippen molar-refractivity contribution in [2.45, 2.75) is 34.0 Å². The third-order valence-corrected chi connectivity index (χ3v) is 6.76. The van der Waals surface area contributed by atoms with Crippen LogP contribution in [0, 0.1) is 0 Å². The molecule has 4 N–H and O–H groups in total. The number of nitrogens with two attached hydrogens (primary N) is 2. The first-order valence-electron chi connectivity index (χ1n) is 5.76. The minimum absolute atomic E-state index is 0.0377. The van der Waals surface area contributed by atoms with Gasteiger partial charge in [-0.25, -0.2) is 17.9 Å². The summed E-state index contributed by atoms with van der Waals surface area (Å²) in [4.78, 5) is 0. The van der Waals surface area contributed by atoms with Gasteiger partial charge in [0, 0.05) is 19.7 Å². The fourth-order valence-electron chi connectivity index (χ4n) is 1.94. The summed E-state index contributed by atoms with van der Waals surface area (Å²) in [6.45, 7) is 2.64. The van der Waals surface area contributed by atoms with Crippen LogP contribution in [0.1, 0.15) is 24.9 Å². The summed E-state index contributed by atoms with van der Waals surface area (Å²) in [6, 6.07) is 1.35. The highest BCUT2D eigenvalue weighted by atomic mass is 32.3. The lowest BCUT2D eigenvalue weighted by Gasteiger charge is -2.34. The second-order valence-electron chi connectivity index (χ2n) is 4.25. The van der Waals surface area contributed by atoms with E-state index in [1.807, 2.05) is 11.2 Å². The Hall–Kier alpha value is -0.160. The third kappa shape index (κ3) is 3.13. The number of nitrogens with zero attached hydrogens (tertiary/aromatic N) is 1. The normalized spacial score (nSPS) is 22.2. The lowest BCUT2D eigenvalue weighted by atomic mass is 10.1. The number of thiophene rings is 1. The molecular formula is C10H17N3O3S3. The van der Waals surface area contributed by atoms with Gasteiger partial charge in [0.1, 0.15) is 10.4 Å². The average Bonchev–Trinajstić information content (AvgIpc) is 2.75. The van der Waals surface area contributed by atoms with Crippen LogP contribution in [-0.4, -0.2) is 32.6 Å². The Labute approximate surface area is 121 Å². The Morgan fingerprint density at radius 2 is 2.32 bits per heavy atom. The molecule has 2 atom stereocenters. The van der Waals surface area contributed by atoms with Crippen molar-refractivity contribution in [3.63, 3.8) is 0 Å². The Morgan fingerprint density at radius 1 is 1.63 bits per heavy atom. The van der Waals surface area contributed by atoms with Crippen LogP contribution >= 0.6 is 23.3 Å².